The van der Waals surface area contributed by atoms with Gasteiger partial charge in [0.25, 0.3) is 0 Å². The molecule has 6 nitrogen and oxygen atoms in total. The minimum Gasteiger partial charge on any atom is -0.478 e. The van der Waals surface area contributed by atoms with E-state index in [-0.39, 0.29) is 17.0 Å². The number of benzene rings is 1. The summed E-state index contributed by atoms with van der Waals surface area (Å²) in [5.74, 6) is -1.29. The van der Waals surface area contributed by atoms with E-state index in [0.717, 1.165) is 6.07 Å². The molecule has 0 radical (unpaired) electrons. The summed E-state index contributed by atoms with van der Waals surface area (Å²) in [7, 11) is -4.01. The lowest BCUT2D eigenvalue weighted by Crippen LogP contribution is -2.29. The maximum absolute atomic E-state index is 11.8. The average molecular weight is 327 g/mol. The van der Waals surface area contributed by atoms with E-state index >= 15 is 0 Å². The van der Waals surface area contributed by atoms with Gasteiger partial charge in [-0.25, -0.2) is 17.9 Å². The van der Waals surface area contributed by atoms with E-state index in [9.17, 15) is 26.4 Å². The molecule has 1 rings (SSSR count). The normalized spacial score (nSPS) is 12.3. The van der Waals surface area contributed by atoms with Crippen molar-refractivity contribution < 1.29 is 36.2 Å². The number of carboxylic acid groups (broad SMARTS) is 1. The molecule has 0 spiro atoms. The summed E-state index contributed by atoms with van der Waals surface area (Å²) in [6.45, 7) is -2.30. The lowest BCUT2D eigenvalue weighted by molar-refractivity contribution is -0.173. The first-order valence-electron chi connectivity index (χ1n) is 5.59. The zero-order valence-corrected chi connectivity index (χ0v) is 11.4. The van der Waals surface area contributed by atoms with E-state index in [4.69, 9.17) is 5.11 Å². The van der Waals surface area contributed by atoms with Gasteiger partial charge in [0, 0.05) is 6.54 Å². The largest absolute Gasteiger partial charge is 0.478 e. The van der Waals surface area contributed by atoms with E-state index in [0.29, 0.717) is 0 Å². The second-order valence-electron chi connectivity index (χ2n) is 3.90. The van der Waals surface area contributed by atoms with Gasteiger partial charge in [0.2, 0.25) is 10.0 Å². The average Bonchev–Trinajstić information content (AvgIpc) is 2.37. The number of carbonyl (C=O) groups is 1. The molecular formula is C11H12F3NO5S. The van der Waals surface area contributed by atoms with Crippen LogP contribution in [0, 0.1) is 0 Å². The summed E-state index contributed by atoms with van der Waals surface area (Å²) in [6.07, 6.45) is -4.48. The van der Waals surface area contributed by atoms with Gasteiger partial charge in [-0.1, -0.05) is 6.07 Å². The fourth-order valence-corrected chi connectivity index (χ4v) is 2.37. The highest BCUT2D eigenvalue weighted by atomic mass is 32.2. The first-order valence-corrected chi connectivity index (χ1v) is 7.08. The number of nitrogens with one attached hydrogen (secondary N) is 1. The summed E-state index contributed by atoms with van der Waals surface area (Å²) in [4.78, 5) is 10.4. The Bertz CT molecular complexity index is 600. The lowest BCUT2D eigenvalue weighted by Gasteiger charge is -2.09. The summed E-state index contributed by atoms with van der Waals surface area (Å²) in [5, 5.41) is 8.76. The van der Waals surface area contributed by atoms with Gasteiger partial charge in [-0.3, -0.25) is 0 Å². The third-order valence-electron chi connectivity index (χ3n) is 2.20. The molecule has 10 heteroatoms. The monoisotopic (exact) mass is 327 g/mol. The zero-order chi connectivity index (χ0) is 16.1. The molecule has 0 aliphatic rings. The Hall–Kier alpha value is -1.65. The smallest absolute Gasteiger partial charge is 0.411 e. The van der Waals surface area contributed by atoms with Gasteiger partial charge < -0.3 is 9.84 Å². The standard InChI is InChI=1S/C11H12F3NO5S/c12-11(13,14)7-20-5-4-15-21(18,19)9-3-1-2-8(6-9)10(16)17/h1-3,6,15H,4-5,7H2,(H,16,17). The molecule has 0 saturated heterocycles. The fourth-order valence-electron chi connectivity index (χ4n) is 1.32. The van der Waals surface area contributed by atoms with Crippen LogP contribution in [0.4, 0.5) is 13.2 Å². The van der Waals surface area contributed by atoms with Gasteiger partial charge in [0.1, 0.15) is 6.61 Å². The highest BCUT2D eigenvalue weighted by Crippen LogP contribution is 2.14. The number of aromatic carboxylic acids is 1. The van der Waals surface area contributed by atoms with Crippen molar-refractivity contribution in [3.63, 3.8) is 0 Å². The molecular weight excluding hydrogens is 315 g/mol. The van der Waals surface area contributed by atoms with E-state index in [1.54, 1.807) is 0 Å². The quantitative estimate of drug-likeness (QED) is 0.735. The summed E-state index contributed by atoms with van der Waals surface area (Å²) in [5.41, 5.74) is -0.216. The van der Waals surface area contributed by atoms with Crippen molar-refractivity contribution in [2.24, 2.45) is 0 Å². The molecule has 1 aromatic carbocycles. The second kappa shape index (κ2) is 6.87. The fraction of sp³-hybridized carbons (Fsp3) is 0.364. The van der Waals surface area contributed by atoms with Crippen molar-refractivity contribution in [1.82, 2.24) is 4.72 Å². The first-order chi connectivity index (χ1) is 9.62. The van der Waals surface area contributed by atoms with Crippen LogP contribution in [-0.4, -0.2) is 45.4 Å². The number of alkyl halides is 3. The minimum absolute atomic E-state index is 0.216. The van der Waals surface area contributed by atoms with Crippen LogP contribution in [0.15, 0.2) is 29.2 Å². The number of hydrogen-bond donors (Lipinski definition) is 2. The maximum atomic E-state index is 11.8. The predicted octanol–water partition coefficient (Wildman–Crippen LogP) is 1.24. The Kier molecular flexibility index (Phi) is 5.70. The van der Waals surface area contributed by atoms with Crippen molar-refractivity contribution in [2.75, 3.05) is 19.8 Å². The molecule has 0 amide bonds. The van der Waals surface area contributed by atoms with Gasteiger partial charge in [-0.05, 0) is 18.2 Å². The van der Waals surface area contributed by atoms with Crippen LogP contribution in [0.1, 0.15) is 10.4 Å². The highest BCUT2D eigenvalue weighted by Gasteiger charge is 2.27. The Morgan fingerprint density at radius 3 is 2.57 bits per heavy atom. The Balaban J connectivity index is 2.58. The molecule has 0 aliphatic carbocycles. The summed E-state index contributed by atoms with van der Waals surface area (Å²) >= 11 is 0. The van der Waals surface area contributed by atoms with E-state index in [1.165, 1.54) is 18.2 Å². The van der Waals surface area contributed by atoms with Crippen LogP contribution in [0.2, 0.25) is 0 Å². The SMILES string of the molecule is O=C(O)c1cccc(S(=O)(=O)NCCOCC(F)(F)F)c1. The zero-order valence-electron chi connectivity index (χ0n) is 10.6. The highest BCUT2D eigenvalue weighted by molar-refractivity contribution is 7.89. The molecule has 0 bridgehead atoms. The molecule has 0 unspecified atom stereocenters. The molecule has 1 aromatic rings. The molecule has 21 heavy (non-hydrogen) atoms. The number of halogens is 3. The van der Waals surface area contributed by atoms with Crippen LogP contribution in [0.5, 0.6) is 0 Å². The molecule has 118 valence electrons. The van der Waals surface area contributed by atoms with E-state index in [1.807, 2.05) is 4.72 Å². The number of ether oxygens (including phenoxy) is 1. The molecule has 0 fully saturated rings. The molecule has 0 saturated carbocycles. The van der Waals surface area contributed by atoms with Crippen LogP contribution >= 0.6 is 0 Å². The van der Waals surface area contributed by atoms with Gasteiger partial charge >= 0.3 is 12.1 Å². The van der Waals surface area contributed by atoms with Crippen molar-refractivity contribution in [1.29, 1.82) is 0 Å². The van der Waals surface area contributed by atoms with Crippen LogP contribution < -0.4 is 4.72 Å². The van der Waals surface area contributed by atoms with Crippen molar-refractivity contribution >= 4 is 16.0 Å². The predicted molar refractivity (Wildman–Crippen MR) is 65.5 cm³/mol. The minimum atomic E-state index is -4.48. The van der Waals surface area contributed by atoms with Crippen molar-refractivity contribution in [3.8, 4) is 0 Å². The number of rotatable bonds is 7. The lowest BCUT2D eigenvalue weighted by atomic mass is 10.2. The molecule has 0 atom stereocenters. The number of carboxylic acids is 1. The van der Waals surface area contributed by atoms with Gasteiger partial charge in [0.05, 0.1) is 17.1 Å². The van der Waals surface area contributed by atoms with Gasteiger partial charge in [-0.2, -0.15) is 13.2 Å². The second-order valence-corrected chi connectivity index (χ2v) is 5.67. The maximum Gasteiger partial charge on any atom is 0.411 e. The summed E-state index contributed by atoms with van der Waals surface area (Å²) < 4.78 is 65.2. The van der Waals surface area contributed by atoms with Crippen molar-refractivity contribution in [3.05, 3.63) is 29.8 Å². The van der Waals surface area contributed by atoms with Gasteiger partial charge in [0.15, 0.2) is 0 Å². The van der Waals surface area contributed by atoms with Crippen molar-refractivity contribution in [2.45, 2.75) is 11.1 Å². The summed E-state index contributed by atoms with van der Waals surface area (Å²) in [6, 6.07) is 4.58. The van der Waals surface area contributed by atoms with E-state index in [2.05, 4.69) is 4.74 Å². The topological polar surface area (TPSA) is 92.7 Å². The Morgan fingerprint density at radius 1 is 1.33 bits per heavy atom. The Labute approximate surface area is 118 Å². The van der Waals surface area contributed by atoms with Gasteiger partial charge in [-0.15, -0.1) is 0 Å². The number of hydrogen-bond acceptors (Lipinski definition) is 4. The van der Waals surface area contributed by atoms with E-state index < -0.39 is 35.4 Å². The molecule has 2 N–H and O–H groups in total. The first kappa shape index (κ1) is 17.4. The Morgan fingerprint density at radius 2 is 2.00 bits per heavy atom. The van der Waals surface area contributed by atoms with Crippen LogP contribution in [0.25, 0.3) is 0 Å². The molecule has 0 heterocycles. The number of sulfonamides is 1. The third-order valence-corrected chi connectivity index (χ3v) is 3.65. The third kappa shape index (κ3) is 6.10. The molecule has 0 aliphatic heterocycles. The molecule has 0 aromatic heterocycles. The van der Waals surface area contributed by atoms with Crippen LogP contribution in [0.3, 0.4) is 0 Å². The van der Waals surface area contributed by atoms with Crippen LogP contribution in [-0.2, 0) is 14.8 Å².